The third-order valence-electron chi connectivity index (χ3n) is 2.99. The topological polar surface area (TPSA) is 29.9 Å². The van der Waals surface area contributed by atoms with Crippen LogP contribution in [-0.4, -0.2) is 16.3 Å². The Bertz CT molecular complexity index is 326. The van der Waals surface area contributed by atoms with Gasteiger partial charge in [-0.3, -0.25) is 4.68 Å². The first-order valence-electron chi connectivity index (χ1n) is 6.72. The molecule has 98 valence electrons. The molecular formula is C14H27N3. The summed E-state index contributed by atoms with van der Waals surface area (Å²) < 4.78 is 2.13. The van der Waals surface area contributed by atoms with Crippen molar-refractivity contribution in [2.24, 2.45) is 11.8 Å². The van der Waals surface area contributed by atoms with Crippen molar-refractivity contribution in [2.75, 3.05) is 6.54 Å². The quantitative estimate of drug-likeness (QED) is 0.790. The summed E-state index contributed by atoms with van der Waals surface area (Å²) in [7, 11) is 0. The number of hydrogen-bond donors (Lipinski definition) is 1. The van der Waals surface area contributed by atoms with E-state index in [0.29, 0.717) is 5.92 Å². The molecule has 0 unspecified atom stereocenters. The minimum Gasteiger partial charge on any atom is -0.312 e. The fourth-order valence-corrected chi connectivity index (χ4v) is 1.76. The number of aromatic nitrogens is 2. The molecule has 0 radical (unpaired) electrons. The van der Waals surface area contributed by atoms with Gasteiger partial charge in [0.05, 0.1) is 6.20 Å². The number of rotatable bonds is 7. The van der Waals surface area contributed by atoms with Gasteiger partial charge in [-0.15, -0.1) is 0 Å². The lowest BCUT2D eigenvalue weighted by Crippen LogP contribution is -2.19. The van der Waals surface area contributed by atoms with Crippen molar-refractivity contribution in [1.82, 2.24) is 15.1 Å². The second kappa shape index (κ2) is 6.80. The summed E-state index contributed by atoms with van der Waals surface area (Å²) in [6.07, 6.45) is 3.20. The van der Waals surface area contributed by atoms with E-state index in [1.54, 1.807) is 0 Å². The van der Waals surface area contributed by atoms with Gasteiger partial charge < -0.3 is 5.32 Å². The van der Waals surface area contributed by atoms with Gasteiger partial charge in [-0.2, -0.15) is 5.10 Å². The van der Waals surface area contributed by atoms with Crippen LogP contribution in [0.4, 0.5) is 0 Å². The smallest absolute Gasteiger partial charge is 0.0537 e. The van der Waals surface area contributed by atoms with E-state index in [4.69, 9.17) is 0 Å². The first kappa shape index (κ1) is 14.2. The van der Waals surface area contributed by atoms with E-state index < -0.39 is 0 Å². The van der Waals surface area contributed by atoms with E-state index in [2.05, 4.69) is 49.7 Å². The van der Waals surface area contributed by atoms with Crippen LogP contribution in [-0.2, 0) is 13.1 Å². The van der Waals surface area contributed by atoms with Crippen molar-refractivity contribution in [3.8, 4) is 0 Å². The maximum absolute atomic E-state index is 4.46. The fourth-order valence-electron chi connectivity index (χ4n) is 1.76. The van der Waals surface area contributed by atoms with Gasteiger partial charge in [0.2, 0.25) is 0 Å². The SMILES string of the molecule is Cc1c(CNCC(C)C)cnn1CCC(C)C. The second-order valence-electron chi connectivity index (χ2n) is 5.69. The molecule has 0 aliphatic carbocycles. The Morgan fingerprint density at radius 3 is 2.53 bits per heavy atom. The van der Waals surface area contributed by atoms with Gasteiger partial charge in [0, 0.05) is 24.3 Å². The maximum atomic E-state index is 4.46. The molecule has 0 aliphatic rings. The average molecular weight is 237 g/mol. The standard InChI is InChI=1S/C14H27N3/c1-11(2)6-7-17-13(5)14(10-16-17)9-15-8-12(3)4/h10-12,15H,6-9H2,1-5H3. The van der Waals surface area contributed by atoms with Crippen molar-refractivity contribution in [2.45, 2.75) is 54.1 Å². The van der Waals surface area contributed by atoms with Gasteiger partial charge in [-0.1, -0.05) is 27.7 Å². The third-order valence-corrected chi connectivity index (χ3v) is 2.99. The van der Waals surface area contributed by atoms with Crippen molar-refractivity contribution >= 4 is 0 Å². The molecule has 1 N–H and O–H groups in total. The summed E-state index contributed by atoms with van der Waals surface area (Å²) in [6, 6.07) is 0. The Hall–Kier alpha value is -0.830. The zero-order valence-electron chi connectivity index (χ0n) is 12.0. The van der Waals surface area contributed by atoms with Crippen LogP contribution in [0.25, 0.3) is 0 Å². The van der Waals surface area contributed by atoms with Crippen molar-refractivity contribution in [3.05, 3.63) is 17.5 Å². The molecular weight excluding hydrogens is 210 g/mol. The Kier molecular flexibility index (Phi) is 5.69. The molecule has 1 rings (SSSR count). The van der Waals surface area contributed by atoms with Crippen LogP contribution in [0.2, 0.25) is 0 Å². The molecule has 0 fully saturated rings. The molecule has 1 aromatic rings. The summed E-state index contributed by atoms with van der Waals surface area (Å²) in [5.41, 5.74) is 2.64. The van der Waals surface area contributed by atoms with Crippen LogP contribution in [0, 0.1) is 18.8 Å². The van der Waals surface area contributed by atoms with Gasteiger partial charge in [-0.25, -0.2) is 0 Å². The average Bonchev–Trinajstić information content (AvgIpc) is 2.57. The highest BCUT2D eigenvalue weighted by Crippen LogP contribution is 2.10. The number of hydrogen-bond acceptors (Lipinski definition) is 2. The molecule has 1 aromatic heterocycles. The Morgan fingerprint density at radius 2 is 1.94 bits per heavy atom. The van der Waals surface area contributed by atoms with E-state index in [9.17, 15) is 0 Å². The molecule has 3 nitrogen and oxygen atoms in total. The minimum atomic E-state index is 0.700. The van der Waals surface area contributed by atoms with Gasteiger partial charge in [0.1, 0.15) is 0 Å². The highest BCUT2D eigenvalue weighted by molar-refractivity contribution is 5.15. The van der Waals surface area contributed by atoms with Crippen molar-refractivity contribution < 1.29 is 0 Å². The molecule has 0 aromatic carbocycles. The molecule has 0 spiro atoms. The highest BCUT2D eigenvalue weighted by atomic mass is 15.3. The molecule has 0 saturated carbocycles. The second-order valence-corrected chi connectivity index (χ2v) is 5.69. The number of aryl methyl sites for hydroxylation is 1. The zero-order chi connectivity index (χ0) is 12.8. The van der Waals surface area contributed by atoms with Gasteiger partial charge in [0.25, 0.3) is 0 Å². The Labute approximate surface area is 106 Å². The fraction of sp³-hybridized carbons (Fsp3) is 0.786. The lowest BCUT2D eigenvalue weighted by atomic mass is 10.1. The zero-order valence-corrected chi connectivity index (χ0v) is 12.0. The van der Waals surface area contributed by atoms with E-state index >= 15 is 0 Å². The van der Waals surface area contributed by atoms with Crippen molar-refractivity contribution in [3.63, 3.8) is 0 Å². The van der Waals surface area contributed by atoms with E-state index in [1.165, 1.54) is 17.7 Å². The Morgan fingerprint density at radius 1 is 1.24 bits per heavy atom. The molecule has 0 amide bonds. The summed E-state index contributed by atoms with van der Waals surface area (Å²) >= 11 is 0. The molecule has 17 heavy (non-hydrogen) atoms. The van der Waals surface area contributed by atoms with Crippen LogP contribution < -0.4 is 5.32 Å². The molecule has 0 saturated heterocycles. The molecule has 0 bridgehead atoms. The van der Waals surface area contributed by atoms with Crippen LogP contribution >= 0.6 is 0 Å². The molecule has 0 aliphatic heterocycles. The lowest BCUT2D eigenvalue weighted by molar-refractivity contribution is 0.479. The molecule has 0 atom stereocenters. The van der Waals surface area contributed by atoms with Crippen LogP contribution in [0.15, 0.2) is 6.20 Å². The number of nitrogens with one attached hydrogen (secondary N) is 1. The summed E-state index contributed by atoms with van der Waals surface area (Å²) in [5.74, 6) is 1.44. The van der Waals surface area contributed by atoms with Crippen molar-refractivity contribution in [1.29, 1.82) is 0 Å². The van der Waals surface area contributed by atoms with E-state index in [0.717, 1.165) is 25.6 Å². The summed E-state index contributed by atoms with van der Waals surface area (Å²) in [4.78, 5) is 0. The maximum Gasteiger partial charge on any atom is 0.0537 e. The summed E-state index contributed by atoms with van der Waals surface area (Å²) in [6.45, 7) is 14.2. The monoisotopic (exact) mass is 237 g/mol. The third kappa shape index (κ3) is 4.90. The summed E-state index contributed by atoms with van der Waals surface area (Å²) in [5, 5.41) is 7.93. The minimum absolute atomic E-state index is 0.700. The first-order chi connectivity index (χ1) is 8.00. The Balaban J connectivity index is 2.46. The normalized spacial score (nSPS) is 11.7. The van der Waals surface area contributed by atoms with Crippen LogP contribution in [0.5, 0.6) is 0 Å². The first-order valence-corrected chi connectivity index (χ1v) is 6.72. The molecule has 3 heteroatoms. The predicted octanol–water partition coefficient (Wildman–Crippen LogP) is 2.98. The largest absolute Gasteiger partial charge is 0.312 e. The van der Waals surface area contributed by atoms with Gasteiger partial charge >= 0.3 is 0 Å². The number of nitrogens with zero attached hydrogens (tertiary/aromatic N) is 2. The lowest BCUT2D eigenvalue weighted by Gasteiger charge is -2.09. The van der Waals surface area contributed by atoms with E-state index in [-0.39, 0.29) is 0 Å². The van der Waals surface area contributed by atoms with Gasteiger partial charge in [-0.05, 0) is 31.7 Å². The van der Waals surface area contributed by atoms with Crippen LogP contribution in [0.3, 0.4) is 0 Å². The predicted molar refractivity (Wildman–Crippen MR) is 73.0 cm³/mol. The van der Waals surface area contributed by atoms with E-state index in [1.807, 2.05) is 6.20 Å². The van der Waals surface area contributed by atoms with Crippen LogP contribution in [0.1, 0.15) is 45.4 Å². The highest BCUT2D eigenvalue weighted by Gasteiger charge is 2.06. The molecule has 1 heterocycles. The van der Waals surface area contributed by atoms with Gasteiger partial charge in [0.15, 0.2) is 0 Å².